The molecule has 2 rings (SSSR count). The maximum Gasteiger partial charge on any atom is 0.278 e. The quantitative estimate of drug-likeness (QED) is 0.539. The number of nitro groups is 1. The number of hydrogen-bond donors (Lipinski definition) is 0. The van der Waals surface area contributed by atoms with Crippen molar-refractivity contribution < 1.29 is 4.92 Å². The van der Waals surface area contributed by atoms with Gasteiger partial charge in [0.05, 0.1) is 15.8 Å². The van der Waals surface area contributed by atoms with Gasteiger partial charge in [-0.05, 0) is 19.1 Å². The molecular weight excluding hydrogens is 180 g/mol. The predicted octanol–water partition coefficient (Wildman–Crippen LogP) is 2.57. The van der Waals surface area contributed by atoms with Crippen molar-refractivity contribution in [2.75, 3.05) is 0 Å². The van der Waals surface area contributed by atoms with E-state index in [1.165, 1.54) is 6.07 Å². The summed E-state index contributed by atoms with van der Waals surface area (Å²) in [6.07, 6.45) is 1.87. The number of benzene rings is 1. The largest absolute Gasteiger partial charge is 0.348 e. The summed E-state index contributed by atoms with van der Waals surface area (Å²) in [6.45, 7) is 2.84. The fourth-order valence-corrected chi connectivity index (χ4v) is 1.64. The van der Waals surface area contributed by atoms with Gasteiger partial charge in [-0.3, -0.25) is 10.1 Å². The van der Waals surface area contributed by atoms with E-state index in [4.69, 9.17) is 0 Å². The van der Waals surface area contributed by atoms with E-state index in [0.29, 0.717) is 5.39 Å². The minimum absolute atomic E-state index is 0.176. The molecule has 4 heteroatoms. The molecule has 0 saturated carbocycles. The molecule has 0 fully saturated rings. The Labute approximate surface area is 80.9 Å². The second kappa shape index (κ2) is 3.14. The van der Waals surface area contributed by atoms with E-state index < -0.39 is 0 Å². The van der Waals surface area contributed by atoms with Crippen molar-refractivity contribution in [3.05, 3.63) is 40.6 Å². The van der Waals surface area contributed by atoms with Gasteiger partial charge in [-0.15, -0.1) is 0 Å². The summed E-state index contributed by atoms with van der Waals surface area (Å²) >= 11 is 0. The first kappa shape index (κ1) is 8.74. The van der Waals surface area contributed by atoms with E-state index in [2.05, 4.69) is 0 Å². The van der Waals surface area contributed by atoms with Crippen LogP contribution in [-0.4, -0.2) is 9.49 Å². The second-order valence-corrected chi connectivity index (χ2v) is 3.07. The zero-order valence-corrected chi connectivity index (χ0v) is 7.80. The molecule has 0 aliphatic carbocycles. The zero-order chi connectivity index (χ0) is 10.1. The summed E-state index contributed by atoms with van der Waals surface area (Å²) in [5, 5.41) is 11.4. The molecule has 0 spiro atoms. The number of hydrogen-bond acceptors (Lipinski definition) is 2. The first-order valence-corrected chi connectivity index (χ1v) is 4.46. The summed E-state index contributed by atoms with van der Waals surface area (Å²) in [5.41, 5.74) is 1.09. The summed E-state index contributed by atoms with van der Waals surface area (Å²) in [6, 6.07) is 6.93. The van der Waals surface area contributed by atoms with Crippen LogP contribution in [0.25, 0.3) is 10.9 Å². The van der Waals surface area contributed by atoms with Gasteiger partial charge in [0, 0.05) is 18.8 Å². The number of aryl methyl sites for hydroxylation is 1. The third-order valence-electron chi connectivity index (χ3n) is 2.33. The van der Waals surface area contributed by atoms with Crippen LogP contribution in [0.15, 0.2) is 30.5 Å². The van der Waals surface area contributed by atoms with E-state index >= 15 is 0 Å². The van der Waals surface area contributed by atoms with Gasteiger partial charge in [0.2, 0.25) is 0 Å². The third-order valence-corrected chi connectivity index (χ3v) is 2.33. The minimum atomic E-state index is -0.345. The van der Waals surface area contributed by atoms with Gasteiger partial charge in [0.1, 0.15) is 0 Å². The highest BCUT2D eigenvalue weighted by Gasteiger charge is 2.12. The van der Waals surface area contributed by atoms with E-state index in [9.17, 15) is 10.1 Å². The summed E-state index contributed by atoms with van der Waals surface area (Å²) in [5.74, 6) is 0. The Kier molecular flexibility index (Phi) is 1.96. The molecule has 72 valence electrons. The number of aromatic nitrogens is 1. The maximum absolute atomic E-state index is 10.7. The average Bonchev–Trinajstić information content (AvgIpc) is 2.59. The fourth-order valence-electron chi connectivity index (χ4n) is 1.64. The third kappa shape index (κ3) is 1.16. The van der Waals surface area contributed by atoms with Gasteiger partial charge in [0.15, 0.2) is 0 Å². The van der Waals surface area contributed by atoms with E-state index in [0.717, 1.165) is 12.1 Å². The highest BCUT2D eigenvalue weighted by Crippen LogP contribution is 2.25. The Bertz CT molecular complexity index is 488. The lowest BCUT2D eigenvalue weighted by atomic mass is 10.2. The lowest BCUT2D eigenvalue weighted by Gasteiger charge is -1.99. The topological polar surface area (TPSA) is 48.1 Å². The van der Waals surface area contributed by atoms with E-state index in [1.807, 2.05) is 23.8 Å². The first-order chi connectivity index (χ1) is 6.74. The number of non-ortho nitro benzene ring substituents is 1. The number of nitrogens with zero attached hydrogens (tertiary/aromatic N) is 2. The van der Waals surface area contributed by atoms with Crippen molar-refractivity contribution in [1.29, 1.82) is 0 Å². The minimum Gasteiger partial charge on any atom is -0.348 e. The molecule has 14 heavy (non-hydrogen) atoms. The average molecular weight is 190 g/mol. The van der Waals surface area contributed by atoms with Crippen molar-refractivity contribution in [1.82, 2.24) is 4.57 Å². The molecule has 0 bridgehead atoms. The molecule has 0 amide bonds. The standard InChI is InChI=1S/C10H10N2O2/c1-2-11-7-6-8-9(11)4-3-5-10(8)12(13)14/h3-7H,2H2,1H3. The molecule has 0 aliphatic rings. The van der Waals surface area contributed by atoms with Crippen LogP contribution in [0, 0.1) is 10.1 Å². The second-order valence-electron chi connectivity index (χ2n) is 3.07. The Morgan fingerprint density at radius 3 is 2.86 bits per heavy atom. The van der Waals surface area contributed by atoms with Crippen molar-refractivity contribution in [2.45, 2.75) is 13.5 Å². The summed E-state index contributed by atoms with van der Waals surface area (Å²) < 4.78 is 1.99. The predicted molar refractivity (Wildman–Crippen MR) is 54.3 cm³/mol. The molecule has 0 atom stereocenters. The van der Waals surface area contributed by atoms with Crippen LogP contribution in [0.4, 0.5) is 5.69 Å². The highest BCUT2D eigenvalue weighted by atomic mass is 16.6. The van der Waals surface area contributed by atoms with Crippen LogP contribution < -0.4 is 0 Å². The number of fused-ring (bicyclic) bond motifs is 1. The monoisotopic (exact) mass is 190 g/mol. The molecule has 4 nitrogen and oxygen atoms in total. The van der Waals surface area contributed by atoms with E-state index in [1.54, 1.807) is 12.1 Å². The zero-order valence-electron chi connectivity index (χ0n) is 7.80. The van der Waals surface area contributed by atoms with Gasteiger partial charge < -0.3 is 4.57 Å². The lowest BCUT2D eigenvalue weighted by Crippen LogP contribution is -1.92. The van der Waals surface area contributed by atoms with Gasteiger partial charge in [-0.25, -0.2) is 0 Å². The molecule has 0 aliphatic heterocycles. The molecule has 0 radical (unpaired) electrons. The molecule has 1 heterocycles. The molecule has 1 aromatic carbocycles. The highest BCUT2D eigenvalue weighted by molar-refractivity contribution is 5.89. The normalized spacial score (nSPS) is 10.6. The smallest absolute Gasteiger partial charge is 0.278 e. The van der Waals surface area contributed by atoms with Crippen molar-refractivity contribution in [3.8, 4) is 0 Å². The van der Waals surface area contributed by atoms with Crippen LogP contribution in [0.1, 0.15) is 6.92 Å². The Morgan fingerprint density at radius 2 is 2.21 bits per heavy atom. The SMILES string of the molecule is CCn1ccc2c([N+](=O)[O-])cccc21. The number of rotatable bonds is 2. The van der Waals surface area contributed by atoms with Crippen molar-refractivity contribution in [2.24, 2.45) is 0 Å². The molecule has 0 saturated heterocycles. The Hall–Kier alpha value is -1.84. The van der Waals surface area contributed by atoms with Crippen LogP contribution in [0.3, 0.4) is 0 Å². The molecule has 2 aromatic rings. The van der Waals surface area contributed by atoms with Gasteiger partial charge >= 0.3 is 0 Å². The Morgan fingerprint density at radius 1 is 1.43 bits per heavy atom. The first-order valence-electron chi connectivity index (χ1n) is 4.46. The van der Waals surface area contributed by atoms with Gasteiger partial charge in [-0.2, -0.15) is 0 Å². The number of nitro benzene ring substituents is 1. The van der Waals surface area contributed by atoms with Crippen molar-refractivity contribution in [3.63, 3.8) is 0 Å². The fraction of sp³-hybridized carbons (Fsp3) is 0.200. The summed E-state index contributed by atoms with van der Waals surface area (Å²) in [7, 11) is 0. The molecular formula is C10H10N2O2. The van der Waals surface area contributed by atoms with Crippen LogP contribution >= 0.6 is 0 Å². The summed E-state index contributed by atoms with van der Waals surface area (Å²) in [4.78, 5) is 10.4. The molecule has 0 N–H and O–H groups in total. The maximum atomic E-state index is 10.7. The Balaban J connectivity index is 2.76. The lowest BCUT2D eigenvalue weighted by molar-refractivity contribution is -0.383. The molecule has 1 aromatic heterocycles. The van der Waals surface area contributed by atoms with Crippen LogP contribution in [0.5, 0.6) is 0 Å². The molecule has 0 unspecified atom stereocenters. The van der Waals surface area contributed by atoms with E-state index in [-0.39, 0.29) is 10.6 Å². The van der Waals surface area contributed by atoms with Crippen LogP contribution in [0.2, 0.25) is 0 Å². The van der Waals surface area contributed by atoms with Crippen molar-refractivity contribution >= 4 is 16.6 Å². The van der Waals surface area contributed by atoms with Crippen LogP contribution in [-0.2, 0) is 6.54 Å². The van der Waals surface area contributed by atoms with Gasteiger partial charge in [0.25, 0.3) is 5.69 Å². The van der Waals surface area contributed by atoms with Gasteiger partial charge in [-0.1, -0.05) is 6.07 Å².